The minimum absolute atomic E-state index is 0.000503. The standard InChI is InChI=1S/C23H19N3O2/c24-15-19(23(27)26-16-18-7-3-1-4-8-18)17-25-20-11-13-22(14-12-20)28-21-9-5-2-6-10-21/h1-14,17,25H,16H2,(H,26,27)/b19-17-. The normalized spacial score (nSPS) is 10.6. The van der Waals surface area contributed by atoms with Crippen LogP contribution < -0.4 is 15.4 Å². The number of carbonyl (C=O) groups excluding carboxylic acids is 1. The minimum atomic E-state index is -0.428. The predicted octanol–water partition coefficient (Wildman–Crippen LogP) is 4.61. The summed E-state index contributed by atoms with van der Waals surface area (Å²) in [4.78, 5) is 12.2. The lowest BCUT2D eigenvalue weighted by atomic mass is 10.2. The lowest BCUT2D eigenvalue weighted by molar-refractivity contribution is -0.117. The SMILES string of the molecule is N#C/C(=C/Nc1ccc(Oc2ccccc2)cc1)C(=O)NCc1ccccc1. The number of hydrogen-bond donors (Lipinski definition) is 2. The lowest BCUT2D eigenvalue weighted by Crippen LogP contribution is -2.24. The quantitative estimate of drug-likeness (QED) is 0.471. The molecule has 3 aromatic carbocycles. The van der Waals surface area contributed by atoms with Gasteiger partial charge in [-0.2, -0.15) is 5.26 Å². The van der Waals surface area contributed by atoms with E-state index in [1.165, 1.54) is 6.20 Å². The maximum Gasteiger partial charge on any atom is 0.263 e. The van der Waals surface area contributed by atoms with E-state index in [0.717, 1.165) is 17.0 Å². The van der Waals surface area contributed by atoms with Crippen LogP contribution in [0.3, 0.4) is 0 Å². The number of nitriles is 1. The first kappa shape index (κ1) is 18.7. The van der Waals surface area contributed by atoms with Crippen molar-refractivity contribution in [3.63, 3.8) is 0 Å². The van der Waals surface area contributed by atoms with E-state index < -0.39 is 5.91 Å². The van der Waals surface area contributed by atoms with Gasteiger partial charge in [0.25, 0.3) is 5.91 Å². The summed E-state index contributed by atoms with van der Waals surface area (Å²) in [6.07, 6.45) is 1.40. The summed E-state index contributed by atoms with van der Waals surface area (Å²) in [5, 5.41) is 14.9. The number of ether oxygens (including phenoxy) is 1. The molecule has 0 bridgehead atoms. The number of rotatable bonds is 7. The molecule has 3 rings (SSSR count). The van der Waals surface area contributed by atoms with Crippen LogP contribution in [0.15, 0.2) is 96.7 Å². The molecule has 0 unspecified atom stereocenters. The highest BCUT2D eigenvalue weighted by molar-refractivity contribution is 5.97. The number of para-hydroxylation sites is 1. The van der Waals surface area contributed by atoms with Crippen LogP contribution in [-0.2, 0) is 11.3 Å². The van der Waals surface area contributed by atoms with Crippen molar-refractivity contribution in [3.05, 3.63) is 102 Å². The van der Waals surface area contributed by atoms with E-state index in [4.69, 9.17) is 4.74 Å². The van der Waals surface area contributed by atoms with Crippen LogP contribution in [0.2, 0.25) is 0 Å². The van der Waals surface area contributed by atoms with Gasteiger partial charge in [0.05, 0.1) is 0 Å². The van der Waals surface area contributed by atoms with Gasteiger partial charge in [-0.25, -0.2) is 0 Å². The van der Waals surface area contributed by atoms with Crippen molar-refractivity contribution in [1.82, 2.24) is 5.32 Å². The fraction of sp³-hybridized carbons (Fsp3) is 0.0435. The molecule has 0 aliphatic rings. The summed E-state index contributed by atoms with van der Waals surface area (Å²) in [6.45, 7) is 0.365. The summed E-state index contributed by atoms with van der Waals surface area (Å²) in [5.41, 5.74) is 1.71. The number of nitrogens with one attached hydrogen (secondary N) is 2. The first-order chi connectivity index (χ1) is 13.7. The highest BCUT2D eigenvalue weighted by Crippen LogP contribution is 2.22. The number of anilines is 1. The summed E-state index contributed by atoms with van der Waals surface area (Å²) >= 11 is 0. The summed E-state index contributed by atoms with van der Waals surface area (Å²) in [5.74, 6) is 1.02. The number of hydrogen-bond acceptors (Lipinski definition) is 4. The van der Waals surface area contributed by atoms with Gasteiger partial charge in [-0.15, -0.1) is 0 Å². The second-order valence-corrected chi connectivity index (χ2v) is 5.92. The monoisotopic (exact) mass is 369 g/mol. The zero-order valence-corrected chi connectivity index (χ0v) is 15.1. The van der Waals surface area contributed by atoms with Gasteiger partial charge in [0.15, 0.2) is 0 Å². The molecule has 3 aromatic rings. The first-order valence-electron chi connectivity index (χ1n) is 8.76. The molecule has 0 atom stereocenters. The Bertz CT molecular complexity index is 976. The molecule has 2 N–H and O–H groups in total. The maximum absolute atomic E-state index is 12.2. The molecule has 138 valence electrons. The predicted molar refractivity (Wildman–Crippen MR) is 109 cm³/mol. The van der Waals surface area contributed by atoms with Gasteiger partial charge < -0.3 is 15.4 Å². The van der Waals surface area contributed by atoms with Crippen LogP contribution in [0.4, 0.5) is 5.69 Å². The van der Waals surface area contributed by atoms with Crippen LogP contribution in [0.5, 0.6) is 11.5 Å². The van der Waals surface area contributed by atoms with Gasteiger partial charge in [-0.05, 0) is 42.0 Å². The molecule has 0 aliphatic heterocycles. The molecule has 0 saturated carbocycles. The van der Waals surface area contributed by atoms with E-state index in [0.29, 0.717) is 12.3 Å². The summed E-state index contributed by atoms with van der Waals surface area (Å²) < 4.78 is 5.73. The fourth-order valence-corrected chi connectivity index (χ4v) is 2.42. The van der Waals surface area contributed by atoms with Crippen LogP contribution >= 0.6 is 0 Å². The molecule has 0 fully saturated rings. The second kappa shape index (κ2) is 9.60. The van der Waals surface area contributed by atoms with Crippen LogP contribution in [0, 0.1) is 11.3 Å². The van der Waals surface area contributed by atoms with Crippen molar-refractivity contribution < 1.29 is 9.53 Å². The fourth-order valence-electron chi connectivity index (χ4n) is 2.42. The van der Waals surface area contributed by atoms with Crippen LogP contribution in [-0.4, -0.2) is 5.91 Å². The van der Waals surface area contributed by atoms with E-state index in [1.807, 2.05) is 91.0 Å². The van der Waals surface area contributed by atoms with E-state index in [9.17, 15) is 10.1 Å². The molecule has 0 aliphatic carbocycles. The van der Waals surface area contributed by atoms with Gasteiger partial charge in [-0.3, -0.25) is 4.79 Å². The summed E-state index contributed by atoms with van der Waals surface area (Å²) in [6, 6.07) is 28.2. The van der Waals surface area contributed by atoms with Crippen LogP contribution in [0.1, 0.15) is 5.56 Å². The van der Waals surface area contributed by atoms with Crippen molar-refractivity contribution in [2.45, 2.75) is 6.54 Å². The van der Waals surface area contributed by atoms with E-state index in [1.54, 1.807) is 0 Å². The van der Waals surface area contributed by atoms with E-state index in [2.05, 4.69) is 10.6 Å². The van der Waals surface area contributed by atoms with Crippen molar-refractivity contribution in [2.24, 2.45) is 0 Å². The Morgan fingerprint density at radius 3 is 2.14 bits per heavy atom. The maximum atomic E-state index is 12.2. The molecule has 0 spiro atoms. The number of carbonyl (C=O) groups is 1. The van der Waals surface area contributed by atoms with E-state index >= 15 is 0 Å². The Balaban J connectivity index is 1.56. The Kier molecular flexibility index (Phi) is 6.43. The average molecular weight is 369 g/mol. The van der Waals surface area contributed by atoms with Gasteiger partial charge >= 0.3 is 0 Å². The molecule has 1 amide bonds. The number of nitrogens with zero attached hydrogens (tertiary/aromatic N) is 1. The van der Waals surface area contributed by atoms with Crippen molar-refractivity contribution in [2.75, 3.05) is 5.32 Å². The van der Waals surface area contributed by atoms with E-state index in [-0.39, 0.29) is 5.57 Å². The van der Waals surface area contributed by atoms with Gasteiger partial charge in [0.2, 0.25) is 0 Å². The molecule has 0 radical (unpaired) electrons. The van der Waals surface area contributed by atoms with Gasteiger partial charge in [-0.1, -0.05) is 48.5 Å². The number of benzene rings is 3. The molecule has 28 heavy (non-hydrogen) atoms. The first-order valence-corrected chi connectivity index (χ1v) is 8.76. The molecule has 0 saturated heterocycles. The summed E-state index contributed by atoms with van der Waals surface area (Å²) in [7, 11) is 0. The molecule has 5 nitrogen and oxygen atoms in total. The Morgan fingerprint density at radius 1 is 0.893 bits per heavy atom. The third kappa shape index (κ3) is 5.48. The van der Waals surface area contributed by atoms with Crippen molar-refractivity contribution in [3.8, 4) is 17.6 Å². The van der Waals surface area contributed by atoms with Gasteiger partial charge in [0, 0.05) is 18.4 Å². The molecule has 0 aromatic heterocycles. The minimum Gasteiger partial charge on any atom is -0.457 e. The third-order valence-electron chi connectivity index (χ3n) is 3.88. The topological polar surface area (TPSA) is 74.1 Å². The van der Waals surface area contributed by atoms with Gasteiger partial charge in [0.1, 0.15) is 23.1 Å². The smallest absolute Gasteiger partial charge is 0.263 e. The Morgan fingerprint density at radius 2 is 1.50 bits per heavy atom. The number of amides is 1. The lowest BCUT2D eigenvalue weighted by Gasteiger charge is -2.07. The zero-order chi connectivity index (χ0) is 19.6. The molecular formula is C23H19N3O2. The third-order valence-corrected chi connectivity index (χ3v) is 3.88. The second-order valence-electron chi connectivity index (χ2n) is 5.92. The van der Waals surface area contributed by atoms with Crippen LogP contribution in [0.25, 0.3) is 0 Å². The zero-order valence-electron chi connectivity index (χ0n) is 15.1. The highest BCUT2D eigenvalue weighted by atomic mass is 16.5. The van der Waals surface area contributed by atoms with Crippen molar-refractivity contribution in [1.29, 1.82) is 5.26 Å². The Hall–Kier alpha value is -4.04. The Labute approximate surface area is 163 Å². The molecule has 0 heterocycles. The highest BCUT2D eigenvalue weighted by Gasteiger charge is 2.08. The molecule has 5 heteroatoms. The molecular weight excluding hydrogens is 350 g/mol. The average Bonchev–Trinajstić information content (AvgIpc) is 2.75. The largest absolute Gasteiger partial charge is 0.457 e. The van der Waals surface area contributed by atoms with Crippen molar-refractivity contribution >= 4 is 11.6 Å².